The van der Waals surface area contributed by atoms with Crippen LogP contribution in [0.4, 0.5) is 10.5 Å². The molecule has 0 fully saturated rings. The lowest BCUT2D eigenvalue weighted by Gasteiger charge is -2.19. The summed E-state index contributed by atoms with van der Waals surface area (Å²) >= 11 is 0. The van der Waals surface area contributed by atoms with Crippen LogP contribution in [0.25, 0.3) is 0 Å². The molecule has 0 saturated heterocycles. The van der Waals surface area contributed by atoms with Crippen LogP contribution in [-0.2, 0) is 5.41 Å². The first-order valence-corrected chi connectivity index (χ1v) is 6.59. The molecule has 3 heteroatoms. The molecule has 2 rings (SSSR count). The highest BCUT2D eigenvalue weighted by Gasteiger charge is 2.13. The average molecular weight is 269 g/mol. The van der Waals surface area contributed by atoms with E-state index in [2.05, 4.69) is 26.1 Å². The minimum atomic E-state index is -0.486. The van der Waals surface area contributed by atoms with Crippen LogP contribution in [0, 0.1) is 0 Å². The van der Waals surface area contributed by atoms with Crippen molar-refractivity contribution in [2.24, 2.45) is 0 Å². The van der Waals surface area contributed by atoms with Crippen LogP contribution >= 0.6 is 0 Å². The van der Waals surface area contributed by atoms with Crippen molar-refractivity contribution in [2.75, 3.05) is 5.32 Å². The third kappa shape index (κ3) is 3.85. The molecule has 0 atom stereocenters. The lowest BCUT2D eigenvalue weighted by atomic mass is 9.87. The van der Waals surface area contributed by atoms with Gasteiger partial charge in [-0.2, -0.15) is 0 Å². The molecular formula is C17H19NO2. The number of nitrogens with one attached hydrogen (secondary N) is 1. The molecule has 0 aliphatic carbocycles. The molecule has 0 bridgehead atoms. The van der Waals surface area contributed by atoms with E-state index < -0.39 is 6.09 Å². The van der Waals surface area contributed by atoms with Crippen LogP contribution in [0.2, 0.25) is 0 Å². The van der Waals surface area contributed by atoms with E-state index in [4.69, 9.17) is 4.74 Å². The van der Waals surface area contributed by atoms with Gasteiger partial charge in [-0.15, -0.1) is 0 Å². The van der Waals surface area contributed by atoms with Gasteiger partial charge in [0.25, 0.3) is 0 Å². The van der Waals surface area contributed by atoms with Gasteiger partial charge < -0.3 is 4.74 Å². The Morgan fingerprint density at radius 3 is 2.10 bits per heavy atom. The van der Waals surface area contributed by atoms with Gasteiger partial charge in [0, 0.05) is 5.69 Å². The van der Waals surface area contributed by atoms with E-state index in [0.717, 1.165) is 5.69 Å². The Kier molecular flexibility index (Phi) is 4.08. The normalized spacial score (nSPS) is 10.9. The summed E-state index contributed by atoms with van der Waals surface area (Å²) in [4.78, 5) is 11.7. The minimum Gasteiger partial charge on any atom is -0.410 e. The monoisotopic (exact) mass is 269 g/mol. The van der Waals surface area contributed by atoms with Crippen LogP contribution in [0.15, 0.2) is 54.6 Å². The highest BCUT2D eigenvalue weighted by Crippen LogP contribution is 2.23. The van der Waals surface area contributed by atoms with Crippen LogP contribution in [-0.4, -0.2) is 6.09 Å². The Labute approximate surface area is 119 Å². The number of hydrogen-bond donors (Lipinski definition) is 1. The fraction of sp³-hybridized carbons (Fsp3) is 0.235. The lowest BCUT2D eigenvalue weighted by Crippen LogP contribution is -2.17. The molecule has 0 aromatic heterocycles. The first-order valence-electron chi connectivity index (χ1n) is 6.59. The number of anilines is 1. The molecule has 2 aromatic rings. The Morgan fingerprint density at radius 2 is 1.55 bits per heavy atom. The first-order chi connectivity index (χ1) is 9.45. The largest absolute Gasteiger partial charge is 0.417 e. The predicted molar refractivity (Wildman–Crippen MR) is 81.2 cm³/mol. The quantitative estimate of drug-likeness (QED) is 0.865. The number of benzene rings is 2. The van der Waals surface area contributed by atoms with Crippen molar-refractivity contribution in [1.82, 2.24) is 0 Å². The maximum absolute atomic E-state index is 11.7. The van der Waals surface area contributed by atoms with Gasteiger partial charge >= 0.3 is 6.09 Å². The van der Waals surface area contributed by atoms with Crippen LogP contribution < -0.4 is 10.1 Å². The number of rotatable bonds is 2. The van der Waals surface area contributed by atoms with Gasteiger partial charge in [-0.25, -0.2) is 4.79 Å². The maximum atomic E-state index is 11.7. The number of hydrogen-bond acceptors (Lipinski definition) is 2. The molecule has 1 N–H and O–H groups in total. The number of ether oxygens (including phenoxy) is 1. The van der Waals surface area contributed by atoms with Gasteiger partial charge in [-0.05, 0) is 35.2 Å². The molecule has 0 spiro atoms. The summed E-state index contributed by atoms with van der Waals surface area (Å²) in [6.45, 7) is 6.46. The highest BCUT2D eigenvalue weighted by atomic mass is 16.6. The fourth-order valence-corrected chi connectivity index (χ4v) is 1.79. The summed E-state index contributed by atoms with van der Waals surface area (Å²) in [6, 6.07) is 16.8. The van der Waals surface area contributed by atoms with E-state index >= 15 is 0 Å². The van der Waals surface area contributed by atoms with Crippen LogP contribution in [0.5, 0.6) is 5.75 Å². The van der Waals surface area contributed by atoms with Crippen LogP contribution in [0.1, 0.15) is 26.3 Å². The molecule has 0 radical (unpaired) electrons. The predicted octanol–water partition coefficient (Wildman–Crippen LogP) is 4.60. The van der Waals surface area contributed by atoms with E-state index in [1.54, 1.807) is 12.1 Å². The number of carbonyl (C=O) groups excluding carboxylic acids is 1. The molecule has 2 aromatic carbocycles. The van der Waals surface area contributed by atoms with E-state index in [-0.39, 0.29) is 5.41 Å². The second-order valence-electron chi connectivity index (χ2n) is 5.65. The number of carbonyl (C=O) groups is 1. The highest BCUT2D eigenvalue weighted by molar-refractivity contribution is 5.86. The van der Waals surface area contributed by atoms with Gasteiger partial charge in [0.15, 0.2) is 0 Å². The average Bonchev–Trinajstić information content (AvgIpc) is 2.39. The summed E-state index contributed by atoms with van der Waals surface area (Å²) in [6.07, 6.45) is -0.486. The zero-order valence-electron chi connectivity index (χ0n) is 12.0. The number of amides is 1. The van der Waals surface area contributed by atoms with Crippen molar-refractivity contribution in [3.63, 3.8) is 0 Å². The van der Waals surface area contributed by atoms with Crippen molar-refractivity contribution >= 4 is 11.8 Å². The second-order valence-corrected chi connectivity index (χ2v) is 5.65. The Morgan fingerprint density at radius 1 is 0.950 bits per heavy atom. The Hall–Kier alpha value is -2.29. The molecule has 3 nitrogen and oxygen atoms in total. The SMILES string of the molecule is CC(C)(C)c1ccc(NC(=O)Oc2ccccc2)cc1. The zero-order chi connectivity index (χ0) is 14.6. The van der Waals surface area contributed by atoms with Gasteiger partial charge in [-0.1, -0.05) is 51.1 Å². The van der Waals surface area contributed by atoms with E-state index in [1.165, 1.54) is 5.56 Å². The summed E-state index contributed by atoms with van der Waals surface area (Å²) < 4.78 is 5.17. The van der Waals surface area contributed by atoms with Crippen molar-refractivity contribution in [3.05, 3.63) is 60.2 Å². The van der Waals surface area contributed by atoms with Gasteiger partial charge in [0.05, 0.1) is 0 Å². The maximum Gasteiger partial charge on any atom is 0.417 e. The molecule has 0 saturated carbocycles. The Balaban J connectivity index is 1.98. The van der Waals surface area contributed by atoms with Gasteiger partial charge in [-0.3, -0.25) is 5.32 Å². The lowest BCUT2D eigenvalue weighted by molar-refractivity contribution is 0.215. The summed E-state index contributed by atoms with van der Waals surface area (Å²) in [5, 5.41) is 2.71. The standard InChI is InChI=1S/C17H19NO2/c1-17(2,3)13-9-11-14(12-10-13)18-16(19)20-15-7-5-4-6-8-15/h4-12H,1-3H3,(H,18,19). The summed E-state index contributed by atoms with van der Waals surface area (Å²) in [7, 11) is 0. The third-order valence-corrected chi connectivity index (χ3v) is 2.95. The third-order valence-electron chi connectivity index (χ3n) is 2.95. The minimum absolute atomic E-state index is 0.100. The molecule has 20 heavy (non-hydrogen) atoms. The Bertz CT molecular complexity index is 568. The zero-order valence-corrected chi connectivity index (χ0v) is 12.0. The summed E-state index contributed by atoms with van der Waals surface area (Å²) in [5.74, 6) is 0.524. The van der Waals surface area contributed by atoms with Crippen molar-refractivity contribution in [3.8, 4) is 5.75 Å². The van der Waals surface area contributed by atoms with E-state index in [0.29, 0.717) is 5.75 Å². The van der Waals surface area contributed by atoms with Crippen molar-refractivity contribution in [1.29, 1.82) is 0 Å². The molecule has 1 amide bonds. The second kappa shape index (κ2) is 5.78. The van der Waals surface area contributed by atoms with Gasteiger partial charge in [0.1, 0.15) is 5.75 Å². The molecular weight excluding hydrogens is 250 g/mol. The summed E-state index contributed by atoms with van der Waals surface area (Å²) in [5.41, 5.74) is 2.04. The first kappa shape index (κ1) is 14.1. The van der Waals surface area contributed by atoms with Crippen LogP contribution in [0.3, 0.4) is 0 Å². The van der Waals surface area contributed by atoms with Gasteiger partial charge in [0.2, 0.25) is 0 Å². The molecule has 0 aliphatic rings. The topological polar surface area (TPSA) is 38.3 Å². The molecule has 0 heterocycles. The number of para-hydroxylation sites is 1. The van der Waals surface area contributed by atoms with Crippen molar-refractivity contribution in [2.45, 2.75) is 26.2 Å². The molecule has 104 valence electrons. The molecule has 0 unspecified atom stereocenters. The van der Waals surface area contributed by atoms with E-state index in [9.17, 15) is 4.79 Å². The van der Waals surface area contributed by atoms with Crippen molar-refractivity contribution < 1.29 is 9.53 Å². The van der Waals surface area contributed by atoms with E-state index in [1.807, 2.05) is 42.5 Å². The smallest absolute Gasteiger partial charge is 0.410 e. The fourth-order valence-electron chi connectivity index (χ4n) is 1.79. The molecule has 0 aliphatic heterocycles.